The Kier molecular flexibility index (Phi) is 10.3. The molecule has 12 rings (SSSR count). The normalized spacial score (nSPS) is 15.3. The van der Waals surface area contributed by atoms with Crippen molar-refractivity contribution in [3.63, 3.8) is 0 Å². The lowest BCUT2D eigenvalue weighted by molar-refractivity contribution is -0.128. The van der Waals surface area contributed by atoms with E-state index in [1.54, 1.807) is 25.4 Å². The Hall–Kier alpha value is -7.83. The van der Waals surface area contributed by atoms with Crippen molar-refractivity contribution in [1.29, 1.82) is 0 Å². The van der Waals surface area contributed by atoms with Gasteiger partial charge in [0.25, 0.3) is 0 Å². The molecule has 1 amide bonds. The fourth-order valence-corrected chi connectivity index (χ4v) is 9.57. The summed E-state index contributed by atoms with van der Waals surface area (Å²) in [5, 5.41) is 17.9. The molecule has 2 fully saturated rings. The lowest BCUT2D eigenvalue weighted by Crippen LogP contribution is -2.23. The van der Waals surface area contributed by atoms with Gasteiger partial charge in [0, 0.05) is 99.8 Å². The smallest absolute Gasteiger partial charge is 0.246 e. The number of nitrogens with zero attached hydrogens (tertiary/aromatic N) is 14. The zero-order valence-corrected chi connectivity index (χ0v) is 37.4. The Morgan fingerprint density at radius 3 is 1.79 bits per heavy atom. The lowest BCUT2D eigenvalue weighted by atomic mass is 10.0. The first-order valence-electron chi connectivity index (χ1n) is 22.1. The van der Waals surface area contributed by atoms with E-state index in [0.29, 0.717) is 54.9 Å². The SMILES string of the molecule is C/C=C1/CCCN1CCc1nc(-c2ncn3c2Cc2cn(C)nc2-c2cc(OC)ccc2-3)no1.COc1ccc2c(c1)-c1nn(C)cc1Cc1c(-c3noc(CN4CCCC4=O)n3)ncn1-2. The van der Waals surface area contributed by atoms with Crippen LogP contribution in [0.2, 0.25) is 0 Å². The minimum Gasteiger partial charge on any atom is -0.497 e. The highest BCUT2D eigenvalue weighted by atomic mass is 16.5. The van der Waals surface area contributed by atoms with E-state index >= 15 is 0 Å². The first kappa shape index (κ1) is 40.9. The third-order valence-corrected chi connectivity index (χ3v) is 12.7. The maximum absolute atomic E-state index is 11.9. The molecule has 0 atom stereocenters. The summed E-state index contributed by atoms with van der Waals surface area (Å²) >= 11 is 0. The molecule has 336 valence electrons. The first-order valence-corrected chi connectivity index (χ1v) is 22.1. The highest BCUT2D eigenvalue weighted by molar-refractivity contribution is 5.79. The summed E-state index contributed by atoms with van der Waals surface area (Å²) < 4.78 is 29.8. The highest BCUT2D eigenvalue weighted by Gasteiger charge is 2.30. The molecule has 0 aliphatic carbocycles. The van der Waals surface area contributed by atoms with Crippen molar-refractivity contribution in [1.82, 2.24) is 68.7 Å². The number of allylic oxidation sites excluding steroid dienone is 2. The number of hydrogen-bond acceptors (Lipinski definition) is 14. The van der Waals surface area contributed by atoms with Gasteiger partial charge in [0.2, 0.25) is 29.3 Å². The molecule has 0 N–H and O–H groups in total. The number of carbonyl (C=O) groups is 1. The van der Waals surface area contributed by atoms with Gasteiger partial charge in [-0.15, -0.1) is 0 Å². The Morgan fingerprint density at radius 1 is 0.697 bits per heavy atom. The standard InChI is InChI=1S/C25H27N7O2.C22H21N7O3/c1-4-17-6-5-10-31(17)11-9-22-27-25(29-34-22)24-21-12-16-14-30(2)28-23(16)19-13-18(33-3)7-8-20(19)32(21)15-26-24;1-27-10-13-8-17-21(22-24-18(32-26-22)11-28-7-3-4-19(28)30)23-12-29(17)16-6-5-14(31-2)9-15(16)20(13)25-27/h4,7-8,13-15H,5-6,9-12H2,1-3H3;5-6,9-10,12H,3-4,7-8,11H2,1-2H3/b17-4-;. The van der Waals surface area contributed by atoms with Crippen LogP contribution in [-0.2, 0) is 44.7 Å². The van der Waals surface area contributed by atoms with E-state index in [0.717, 1.165) is 112 Å². The summed E-state index contributed by atoms with van der Waals surface area (Å²) in [6.45, 7) is 5.13. The molecule has 19 heteroatoms. The molecule has 0 saturated carbocycles. The van der Waals surface area contributed by atoms with Crippen molar-refractivity contribution >= 4 is 5.91 Å². The molecule has 8 aromatic rings. The molecular weight excluding hydrogens is 841 g/mol. The molecule has 0 spiro atoms. The maximum Gasteiger partial charge on any atom is 0.246 e. The fourth-order valence-electron chi connectivity index (χ4n) is 9.57. The molecule has 10 heterocycles. The van der Waals surface area contributed by atoms with Gasteiger partial charge >= 0.3 is 0 Å². The summed E-state index contributed by atoms with van der Waals surface area (Å²) in [6, 6.07) is 12.0. The molecule has 19 nitrogen and oxygen atoms in total. The van der Waals surface area contributed by atoms with E-state index in [1.165, 1.54) is 12.1 Å². The fraction of sp³-hybridized carbons (Fsp3) is 0.340. The molecule has 6 aromatic heterocycles. The molecule has 4 aliphatic heterocycles. The molecule has 2 saturated heterocycles. The number of aromatic nitrogens is 12. The maximum atomic E-state index is 11.9. The molecule has 0 unspecified atom stereocenters. The Labute approximate surface area is 379 Å². The second kappa shape index (κ2) is 16.6. The van der Waals surface area contributed by atoms with Crippen LogP contribution in [0.3, 0.4) is 0 Å². The minimum atomic E-state index is 0.122. The quantitative estimate of drug-likeness (QED) is 0.161. The van der Waals surface area contributed by atoms with E-state index in [4.69, 9.17) is 38.7 Å². The van der Waals surface area contributed by atoms with Crippen molar-refractivity contribution in [3.05, 3.63) is 108 Å². The van der Waals surface area contributed by atoms with Gasteiger partial charge in [-0.05, 0) is 62.6 Å². The number of carbonyl (C=O) groups excluding carboxylic acids is 1. The number of ether oxygens (including phenoxy) is 2. The minimum absolute atomic E-state index is 0.122. The van der Waals surface area contributed by atoms with Crippen molar-refractivity contribution in [2.45, 2.75) is 58.4 Å². The predicted molar refractivity (Wildman–Crippen MR) is 240 cm³/mol. The van der Waals surface area contributed by atoms with Gasteiger partial charge in [0.05, 0.1) is 54.9 Å². The zero-order valence-electron chi connectivity index (χ0n) is 37.4. The van der Waals surface area contributed by atoms with Crippen LogP contribution in [0.25, 0.3) is 56.9 Å². The van der Waals surface area contributed by atoms with Crippen LogP contribution in [0.4, 0.5) is 0 Å². The monoisotopic (exact) mass is 888 g/mol. The van der Waals surface area contributed by atoms with Gasteiger partial charge in [0.1, 0.15) is 35.5 Å². The Morgan fingerprint density at radius 2 is 1.24 bits per heavy atom. The third-order valence-electron chi connectivity index (χ3n) is 12.7. The van der Waals surface area contributed by atoms with Crippen molar-refractivity contribution in [2.75, 3.05) is 33.9 Å². The van der Waals surface area contributed by atoms with Gasteiger partial charge in [-0.3, -0.25) is 14.2 Å². The average Bonchev–Trinajstić information content (AvgIpc) is 4.20. The number of rotatable bonds is 9. The van der Waals surface area contributed by atoms with Crippen LogP contribution >= 0.6 is 0 Å². The number of imidazole rings is 2. The van der Waals surface area contributed by atoms with Crippen LogP contribution in [0.1, 0.15) is 66.9 Å². The van der Waals surface area contributed by atoms with Gasteiger partial charge in [-0.2, -0.15) is 20.2 Å². The summed E-state index contributed by atoms with van der Waals surface area (Å²) in [5.41, 5.74) is 12.8. The van der Waals surface area contributed by atoms with Crippen LogP contribution < -0.4 is 9.47 Å². The summed E-state index contributed by atoms with van der Waals surface area (Å²) in [6.07, 6.45) is 15.7. The largest absolute Gasteiger partial charge is 0.497 e. The van der Waals surface area contributed by atoms with Crippen molar-refractivity contribution in [2.24, 2.45) is 14.1 Å². The number of likely N-dealkylation sites (tertiary alicyclic amines) is 2. The van der Waals surface area contributed by atoms with E-state index in [2.05, 4.69) is 48.9 Å². The van der Waals surface area contributed by atoms with Crippen LogP contribution in [-0.4, -0.2) is 109 Å². The number of aryl methyl sites for hydroxylation is 2. The van der Waals surface area contributed by atoms with Crippen molar-refractivity contribution in [3.8, 4) is 68.4 Å². The van der Waals surface area contributed by atoms with Gasteiger partial charge < -0.3 is 37.5 Å². The Bertz CT molecular complexity index is 3160. The van der Waals surface area contributed by atoms with Gasteiger partial charge in [-0.25, -0.2) is 9.97 Å². The molecular formula is C47H48N14O5. The second-order valence-corrected chi connectivity index (χ2v) is 16.9. The molecule has 0 bridgehead atoms. The molecule has 2 aromatic carbocycles. The van der Waals surface area contributed by atoms with E-state index in [9.17, 15) is 4.79 Å². The number of methoxy groups -OCH3 is 2. The molecule has 4 aliphatic rings. The Balaban J connectivity index is 0.000000146. The third kappa shape index (κ3) is 7.29. The highest BCUT2D eigenvalue weighted by Crippen LogP contribution is 2.40. The average molecular weight is 889 g/mol. The van der Waals surface area contributed by atoms with E-state index in [-0.39, 0.29) is 5.91 Å². The van der Waals surface area contributed by atoms with E-state index < -0.39 is 0 Å². The lowest BCUT2D eigenvalue weighted by Gasteiger charge is -2.18. The molecule has 0 radical (unpaired) electrons. The van der Waals surface area contributed by atoms with Crippen molar-refractivity contribution < 1.29 is 23.3 Å². The second-order valence-electron chi connectivity index (χ2n) is 16.9. The summed E-state index contributed by atoms with van der Waals surface area (Å²) in [5.74, 6) is 3.68. The number of amides is 1. The number of benzene rings is 2. The number of hydrogen-bond donors (Lipinski definition) is 0. The summed E-state index contributed by atoms with van der Waals surface area (Å²) in [7, 11) is 7.19. The van der Waals surface area contributed by atoms with E-state index in [1.807, 2.05) is 76.9 Å². The van der Waals surface area contributed by atoms with Gasteiger partial charge in [-0.1, -0.05) is 16.4 Å². The number of fused-ring (bicyclic) bond motifs is 10. The molecule has 66 heavy (non-hydrogen) atoms. The predicted octanol–water partition coefficient (Wildman–Crippen LogP) is 6.14. The van der Waals surface area contributed by atoms with Crippen LogP contribution in [0.15, 0.2) is 82.3 Å². The van der Waals surface area contributed by atoms with Crippen LogP contribution in [0.5, 0.6) is 11.5 Å². The zero-order chi connectivity index (χ0) is 45.1. The topological polar surface area (TPSA) is 191 Å². The first-order chi connectivity index (χ1) is 32.2. The van der Waals surface area contributed by atoms with Crippen LogP contribution in [0, 0.1) is 0 Å². The summed E-state index contributed by atoms with van der Waals surface area (Å²) in [4.78, 5) is 34.7. The van der Waals surface area contributed by atoms with Gasteiger partial charge in [0.15, 0.2) is 0 Å².